The third-order valence-corrected chi connectivity index (χ3v) is 4.70. The molecule has 1 unspecified atom stereocenters. The fraction of sp³-hybridized carbons (Fsp3) is 0.235. The minimum atomic E-state index is -4.51. The molecule has 0 bridgehead atoms. The van der Waals surface area contributed by atoms with E-state index < -0.39 is 17.6 Å². The Bertz CT molecular complexity index is 821. The second kappa shape index (κ2) is 6.61. The second-order valence-electron chi connectivity index (χ2n) is 5.85. The lowest BCUT2D eigenvalue weighted by Crippen LogP contribution is -2.24. The summed E-state index contributed by atoms with van der Waals surface area (Å²) in [6.07, 6.45) is -4.48. The van der Waals surface area contributed by atoms with Crippen LogP contribution in [-0.4, -0.2) is 11.9 Å². The number of amides is 1. The first-order valence-corrected chi connectivity index (χ1v) is 8.40. The average molecular weight is 367 g/mol. The molecular formula is C17H16F3N3OS. The summed E-state index contributed by atoms with van der Waals surface area (Å²) in [7, 11) is 0. The van der Waals surface area contributed by atoms with Gasteiger partial charge >= 0.3 is 6.18 Å². The standard InChI is InChI=1S/C17H16F3N3OS/c1-9(21)6-15(24)22-12-7-10(17(18,19)20)8-14-16(12)23-11-4-2-3-5-13(11)25-14/h2-5,7-9,23H,6,21H2,1H3,(H,22,24). The van der Waals surface area contributed by atoms with E-state index in [9.17, 15) is 18.0 Å². The number of hydrogen-bond donors (Lipinski definition) is 3. The zero-order valence-electron chi connectivity index (χ0n) is 13.3. The number of nitrogens with one attached hydrogen (secondary N) is 2. The van der Waals surface area contributed by atoms with Gasteiger partial charge in [-0.2, -0.15) is 13.2 Å². The topological polar surface area (TPSA) is 67.2 Å². The molecule has 3 rings (SSSR count). The number of fused-ring (bicyclic) bond motifs is 2. The zero-order chi connectivity index (χ0) is 18.2. The van der Waals surface area contributed by atoms with Gasteiger partial charge in [0, 0.05) is 22.3 Å². The van der Waals surface area contributed by atoms with Crippen LogP contribution in [0.1, 0.15) is 18.9 Å². The van der Waals surface area contributed by atoms with Crippen LogP contribution in [0.4, 0.5) is 30.2 Å². The van der Waals surface area contributed by atoms with Crippen molar-refractivity contribution in [3.8, 4) is 0 Å². The largest absolute Gasteiger partial charge is 0.416 e. The molecule has 1 amide bonds. The molecule has 2 aromatic carbocycles. The van der Waals surface area contributed by atoms with Gasteiger partial charge in [-0.25, -0.2) is 0 Å². The molecule has 0 aliphatic carbocycles. The van der Waals surface area contributed by atoms with Crippen LogP contribution >= 0.6 is 11.8 Å². The first kappa shape index (κ1) is 17.6. The maximum Gasteiger partial charge on any atom is 0.416 e. The Morgan fingerprint density at radius 3 is 2.68 bits per heavy atom. The number of nitrogens with two attached hydrogens (primary N) is 1. The van der Waals surface area contributed by atoms with Crippen LogP contribution in [0.25, 0.3) is 0 Å². The maximum atomic E-state index is 13.2. The average Bonchev–Trinajstić information content (AvgIpc) is 2.51. The number of rotatable bonds is 3. The minimum absolute atomic E-state index is 0.0226. The molecule has 0 saturated heterocycles. The van der Waals surface area contributed by atoms with Gasteiger partial charge in [0.05, 0.1) is 22.6 Å². The first-order chi connectivity index (χ1) is 11.7. The predicted molar refractivity (Wildman–Crippen MR) is 92.2 cm³/mol. The van der Waals surface area contributed by atoms with E-state index in [2.05, 4.69) is 10.6 Å². The summed E-state index contributed by atoms with van der Waals surface area (Å²) < 4.78 is 39.7. The number of benzene rings is 2. The summed E-state index contributed by atoms with van der Waals surface area (Å²) in [6.45, 7) is 1.66. The van der Waals surface area contributed by atoms with Crippen molar-refractivity contribution in [2.24, 2.45) is 5.73 Å². The van der Waals surface area contributed by atoms with Crippen LogP contribution in [0.3, 0.4) is 0 Å². The second-order valence-corrected chi connectivity index (χ2v) is 6.93. The van der Waals surface area contributed by atoms with E-state index in [1.165, 1.54) is 11.8 Å². The molecule has 2 aromatic rings. The predicted octanol–water partition coefficient (Wildman–Crippen LogP) is 4.59. The third kappa shape index (κ3) is 3.91. The number of alkyl halides is 3. The molecule has 0 saturated carbocycles. The number of halogens is 3. The van der Waals surface area contributed by atoms with Gasteiger partial charge in [-0.05, 0) is 31.2 Å². The van der Waals surface area contributed by atoms with Crippen LogP contribution in [-0.2, 0) is 11.0 Å². The summed E-state index contributed by atoms with van der Waals surface area (Å²) in [5.74, 6) is -0.429. The third-order valence-electron chi connectivity index (χ3n) is 3.58. The monoisotopic (exact) mass is 367 g/mol. The van der Waals surface area contributed by atoms with E-state index in [1.54, 1.807) is 6.92 Å². The van der Waals surface area contributed by atoms with Gasteiger partial charge in [0.2, 0.25) is 5.91 Å². The Kier molecular flexibility index (Phi) is 4.66. The molecule has 1 atom stereocenters. The lowest BCUT2D eigenvalue weighted by Gasteiger charge is -2.25. The SMILES string of the molecule is CC(N)CC(=O)Nc1cc(C(F)(F)F)cc2c1Nc1ccccc1S2. The normalized spacial score (nSPS) is 14.1. The van der Waals surface area contributed by atoms with Crippen molar-refractivity contribution in [2.45, 2.75) is 35.4 Å². The highest BCUT2D eigenvalue weighted by atomic mass is 32.2. The number of hydrogen-bond acceptors (Lipinski definition) is 4. The van der Waals surface area contributed by atoms with Crippen LogP contribution in [0.2, 0.25) is 0 Å². The molecule has 4 nitrogen and oxygen atoms in total. The molecule has 132 valence electrons. The van der Waals surface area contributed by atoms with Gasteiger partial charge in [-0.3, -0.25) is 4.79 Å². The fourth-order valence-corrected chi connectivity index (χ4v) is 3.55. The van der Waals surface area contributed by atoms with Crippen LogP contribution in [0, 0.1) is 0 Å². The van der Waals surface area contributed by atoms with Gasteiger partial charge in [-0.15, -0.1) is 0 Å². The summed E-state index contributed by atoms with van der Waals surface area (Å²) in [5, 5.41) is 5.66. The minimum Gasteiger partial charge on any atom is -0.352 e. The first-order valence-electron chi connectivity index (χ1n) is 7.58. The maximum absolute atomic E-state index is 13.2. The number of para-hydroxylation sites is 1. The number of carbonyl (C=O) groups is 1. The van der Waals surface area contributed by atoms with Crippen molar-refractivity contribution in [1.82, 2.24) is 0 Å². The lowest BCUT2D eigenvalue weighted by atomic mass is 10.1. The molecular weight excluding hydrogens is 351 g/mol. The van der Waals surface area contributed by atoms with Crippen molar-refractivity contribution < 1.29 is 18.0 Å². The molecule has 0 aromatic heterocycles. The van der Waals surface area contributed by atoms with Gasteiger partial charge in [0.25, 0.3) is 0 Å². The molecule has 1 aliphatic heterocycles. The van der Waals surface area contributed by atoms with E-state index in [1.807, 2.05) is 24.3 Å². The molecule has 1 aliphatic rings. The van der Waals surface area contributed by atoms with Crippen molar-refractivity contribution in [3.63, 3.8) is 0 Å². The van der Waals surface area contributed by atoms with E-state index >= 15 is 0 Å². The molecule has 0 fully saturated rings. The van der Waals surface area contributed by atoms with E-state index in [4.69, 9.17) is 5.73 Å². The zero-order valence-corrected chi connectivity index (χ0v) is 14.1. The Morgan fingerprint density at radius 1 is 1.28 bits per heavy atom. The fourth-order valence-electron chi connectivity index (χ4n) is 2.49. The van der Waals surface area contributed by atoms with Crippen molar-refractivity contribution in [3.05, 3.63) is 42.0 Å². The van der Waals surface area contributed by atoms with Crippen molar-refractivity contribution in [2.75, 3.05) is 10.6 Å². The van der Waals surface area contributed by atoms with Gasteiger partial charge < -0.3 is 16.4 Å². The quantitative estimate of drug-likeness (QED) is 0.633. The van der Waals surface area contributed by atoms with E-state index in [0.29, 0.717) is 10.6 Å². The Labute approximate surface area is 147 Å². The molecule has 0 spiro atoms. The van der Waals surface area contributed by atoms with Crippen LogP contribution < -0.4 is 16.4 Å². The molecule has 4 N–H and O–H groups in total. The highest BCUT2D eigenvalue weighted by Crippen LogP contribution is 2.49. The number of carbonyl (C=O) groups excluding carboxylic acids is 1. The van der Waals surface area contributed by atoms with Crippen molar-refractivity contribution >= 4 is 34.7 Å². The molecule has 8 heteroatoms. The smallest absolute Gasteiger partial charge is 0.352 e. The van der Waals surface area contributed by atoms with Crippen molar-refractivity contribution in [1.29, 1.82) is 0 Å². The summed E-state index contributed by atoms with van der Waals surface area (Å²) >= 11 is 1.23. The number of anilines is 3. The Hall–Kier alpha value is -2.19. The highest BCUT2D eigenvalue weighted by Gasteiger charge is 2.33. The highest BCUT2D eigenvalue weighted by molar-refractivity contribution is 7.99. The summed E-state index contributed by atoms with van der Waals surface area (Å²) in [5.41, 5.74) is 6.11. The Balaban J connectivity index is 2.03. The van der Waals surface area contributed by atoms with E-state index in [-0.39, 0.29) is 18.2 Å². The summed E-state index contributed by atoms with van der Waals surface area (Å²) in [6, 6.07) is 8.95. The van der Waals surface area contributed by atoms with Crippen LogP contribution in [0.5, 0.6) is 0 Å². The molecule has 1 heterocycles. The summed E-state index contributed by atoms with van der Waals surface area (Å²) in [4.78, 5) is 13.2. The van der Waals surface area contributed by atoms with Gasteiger partial charge in [-0.1, -0.05) is 23.9 Å². The molecule has 0 radical (unpaired) electrons. The lowest BCUT2D eigenvalue weighted by molar-refractivity contribution is -0.137. The van der Waals surface area contributed by atoms with E-state index in [0.717, 1.165) is 22.7 Å². The van der Waals surface area contributed by atoms with Gasteiger partial charge in [0.15, 0.2) is 0 Å². The molecule has 25 heavy (non-hydrogen) atoms. The Morgan fingerprint density at radius 2 is 2.00 bits per heavy atom. The van der Waals surface area contributed by atoms with Crippen LogP contribution in [0.15, 0.2) is 46.2 Å². The van der Waals surface area contributed by atoms with Gasteiger partial charge in [0.1, 0.15) is 0 Å².